The number of carbonyl (C=O) groups is 1. The molecule has 2 aromatic rings. The van der Waals surface area contributed by atoms with Gasteiger partial charge in [0.05, 0.1) is 0 Å². The van der Waals surface area contributed by atoms with Crippen LogP contribution >= 0.6 is 0 Å². The second-order valence-corrected chi connectivity index (χ2v) is 5.24. The Kier molecular flexibility index (Phi) is 3.90. The van der Waals surface area contributed by atoms with Gasteiger partial charge in [0.2, 0.25) is 0 Å². The van der Waals surface area contributed by atoms with Crippen molar-refractivity contribution in [1.82, 2.24) is 9.88 Å². The average Bonchev–Trinajstić information content (AvgIpc) is 2.86. The molecule has 0 saturated carbocycles. The number of benzene rings is 1. The van der Waals surface area contributed by atoms with E-state index in [0.717, 1.165) is 16.5 Å². The monoisotopic (exact) mass is 260 g/mol. The number of hydrogen-bond acceptors (Lipinski definition) is 2. The molecule has 2 N–H and O–H groups in total. The van der Waals surface area contributed by atoms with Crippen molar-refractivity contribution in [1.29, 1.82) is 0 Å². The third-order valence-electron chi connectivity index (χ3n) is 3.35. The molecule has 0 unspecified atom stereocenters. The SMILES string of the molecule is CC(C)[C@H](O)C(=O)N(C)Cc1cccc2[nH]ccc12. The fraction of sp³-hybridized carbons (Fsp3) is 0.400. The van der Waals surface area contributed by atoms with Gasteiger partial charge >= 0.3 is 0 Å². The first-order valence-corrected chi connectivity index (χ1v) is 6.48. The predicted molar refractivity (Wildman–Crippen MR) is 75.6 cm³/mol. The smallest absolute Gasteiger partial charge is 0.251 e. The molecule has 1 aromatic carbocycles. The molecule has 0 spiro atoms. The lowest BCUT2D eigenvalue weighted by Gasteiger charge is -2.23. The van der Waals surface area contributed by atoms with E-state index >= 15 is 0 Å². The molecule has 1 atom stereocenters. The maximum atomic E-state index is 12.0. The van der Waals surface area contributed by atoms with E-state index in [0.29, 0.717) is 6.54 Å². The quantitative estimate of drug-likeness (QED) is 0.885. The summed E-state index contributed by atoms with van der Waals surface area (Å²) in [7, 11) is 1.72. The summed E-state index contributed by atoms with van der Waals surface area (Å²) in [5, 5.41) is 10.9. The number of aliphatic hydroxyl groups excluding tert-OH is 1. The summed E-state index contributed by atoms with van der Waals surface area (Å²) in [6, 6.07) is 7.97. The van der Waals surface area contributed by atoms with Crippen LogP contribution in [0.5, 0.6) is 0 Å². The third-order valence-corrected chi connectivity index (χ3v) is 3.35. The van der Waals surface area contributed by atoms with Crippen LogP contribution in [0, 0.1) is 5.92 Å². The number of aromatic nitrogens is 1. The number of likely N-dealkylation sites (N-methyl/N-ethyl adjacent to an activating group) is 1. The van der Waals surface area contributed by atoms with Crippen molar-refractivity contribution in [3.63, 3.8) is 0 Å². The van der Waals surface area contributed by atoms with Crippen LogP contribution in [0.1, 0.15) is 19.4 Å². The van der Waals surface area contributed by atoms with Gasteiger partial charge in [-0.1, -0.05) is 26.0 Å². The van der Waals surface area contributed by atoms with Crippen molar-refractivity contribution in [2.75, 3.05) is 7.05 Å². The summed E-state index contributed by atoms with van der Waals surface area (Å²) in [6.07, 6.45) is 0.953. The molecular formula is C15H20N2O2. The maximum absolute atomic E-state index is 12.0. The lowest BCUT2D eigenvalue weighted by molar-refractivity contribution is -0.141. The normalized spacial score (nSPS) is 12.9. The number of nitrogens with zero attached hydrogens (tertiary/aromatic N) is 1. The van der Waals surface area contributed by atoms with Crippen LogP contribution < -0.4 is 0 Å². The Balaban J connectivity index is 2.17. The molecule has 0 radical (unpaired) electrons. The van der Waals surface area contributed by atoms with E-state index in [1.807, 2.05) is 44.3 Å². The van der Waals surface area contributed by atoms with Gasteiger partial charge in [-0.3, -0.25) is 4.79 Å². The maximum Gasteiger partial charge on any atom is 0.251 e. The number of H-pyrrole nitrogens is 1. The second kappa shape index (κ2) is 5.45. The number of fused-ring (bicyclic) bond motifs is 1. The van der Waals surface area contributed by atoms with Crippen molar-refractivity contribution in [3.8, 4) is 0 Å². The Morgan fingerprint density at radius 3 is 2.79 bits per heavy atom. The van der Waals surface area contributed by atoms with Crippen LogP contribution in [0.15, 0.2) is 30.5 Å². The second-order valence-electron chi connectivity index (χ2n) is 5.24. The highest BCUT2D eigenvalue weighted by atomic mass is 16.3. The molecule has 0 aliphatic rings. The van der Waals surface area contributed by atoms with Gasteiger partial charge in [0.1, 0.15) is 6.10 Å². The minimum atomic E-state index is -0.935. The number of amides is 1. The first kappa shape index (κ1) is 13.6. The van der Waals surface area contributed by atoms with Crippen molar-refractivity contribution in [2.45, 2.75) is 26.5 Å². The van der Waals surface area contributed by atoms with E-state index in [-0.39, 0.29) is 11.8 Å². The van der Waals surface area contributed by atoms with Crippen molar-refractivity contribution in [2.24, 2.45) is 5.92 Å². The zero-order valence-electron chi connectivity index (χ0n) is 11.6. The van der Waals surface area contributed by atoms with Crippen molar-refractivity contribution in [3.05, 3.63) is 36.0 Å². The van der Waals surface area contributed by atoms with E-state index in [2.05, 4.69) is 4.98 Å². The van der Waals surface area contributed by atoms with Crippen LogP contribution in [0.3, 0.4) is 0 Å². The van der Waals surface area contributed by atoms with Gasteiger partial charge in [0, 0.05) is 30.7 Å². The number of aliphatic hydroxyl groups is 1. The molecule has 1 heterocycles. The molecule has 2 rings (SSSR count). The molecule has 19 heavy (non-hydrogen) atoms. The molecule has 0 aliphatic heterocycles. The zero-order valence-corrected chi connectivity index (χ0v) is 11.6. The van der Waals surface area contributed by atoms with Crippen LogP contribution in [-0.4, -0.2) is 34.0 Å². The standard InChI is InChI=1S/C15H20N2O2/c1-10(2)14(18)15(19)17(3)9-11-5-4-6-13-12(11)7-8-16-13/h4-8,10,14,16,18H,9H2,1-3H3/t14-/m0/s1. The summed E-state index contributed by atoms with van der Waals surface area (Å²) in [4.78, 5) is 16.8. The first-order chi connectivity index (χ1) is 9.00. The van der Waals surface area contributed by atoms with Gasteiger partial charge in [-0.05, 0) is 23.6 Å². The highest BCUT2D eigenvalue weighted by Crippen LogP contribution is 2.19. The molecule has 1 aromatic heterocycles. The number of nitrogens with one attached hydrogen (secondary N) is 1. The van der Waals surface area contributed by atoms with Crippen molar-refractivity contribution < 1.29 is 9.90 Å². The molecule has 0 bridgehead atoms. The fourth-order valence-corrected chi connectivity index (χ4v) is 2.13. The number of aromatic amines is 1. The molecular weight excluding hydrogens is 240 g/mol. The lowest BCUT2D eigenvalue weighted by atomic mass is 10.1. The van der Waals surface area contributed by atoms with Gasteiger partial charge in [-0.25, -0.2) is 0 Å². The minimum Gasteiger partial charge on any atom is -0.383 e. The number of hydrogen-bond donors (Lipinski definition) is 2. The van der Waals surface area contributed by atoms with Gasteiger partial charge in [0.25, 0.3) is 5.91 Å². The van der Waals surface area contributed by atoms with E-state index < -0.39 is 6.10 Å². The Hall–Kier alpha value is -1.81. The summed E-state index contributed by atoms with van der Waals surface area (Å²) in [6.45, 7) is 4.17. The molecule has 4 nitrogen and oxygen atoms in total. The Bertz CT molecular complexity index is 574. The van der Waals surface area contributed by atoms with E-state index in [4.69, 9.17) is 0 Å². The molecule has 0 fully saturated rings. The number of carbonyl (C=O) groups excluding carboxylic acids is 1. The Morgan fingerprint density at radius 2 is 2.11 bits per heavy atom. The Morgan fingerprint density at radius 1 is 1.37 bits per heavy atom. The number of rotatable bonds is 4. The molecule has 4 heteroatoms. The van der Waals surface area contributed by atoms with E-state index in [1.165, 1.54) is 0 Å². The first-order valence-electron chi connectivity index (χ1n) is 6.48. The molecule has 0 aliphatic carbocycles. The third kappa shape index (κ3) is 2.79. The van der Waals surface area contributed by atoms with Gasteiger partial charge in [-0.2, -0.15) is 0 Å². The summed E-state index contributed by atoms with van der Waals surface area (Å²) in [5.74, 6) is -0.305. The topological polar surface area (TPSA) is 56.3 Å². The van der Waals surface area contributed by atoms with Crippen LogP contribution in [0.25, 0.3) is 10.9 Å². The summed E-state index contributed by atoms with van der Waals surface area (Å²) < 4.78 is 0. The summed E-state index contributed by atoms with van der Waals surface area (Å²) in [5.41, 5.74) is 2.13. The molecule has 102 valence electrons. The lowest BCUT2D eigenvalue weighted by Crippen LogP contribution is -2.38. The van der Waals surface area contributed by atoms with Gasteiger partial charge < -0.3 is 15.0 Å². The van der Waals surface area contributed by atoms with E-state index in [9.17, 15) is 9.90 Å². The zero-order chi connectivity index (χ0) is 14.0. The Labute approximate surface area is 113 Å². The largest absolute Gasteiger partial charge is 0.383 e. The minimum absolute atomic E-state index is 0.0713. The molecule has 1 amide bonds. The highest BCUT2D eigenvalue weighted by Gasteiger charge is 2.22. The van der Waals surface area contributed by atoms with Crippen molar-refractivity contribution >= 4 is 16.8 Å². The highest BCUT2D eigenvalue weighted by molar-refractivity contribution is 5.84. The van der Waals surface area contributed by atoms with Gasteiger partial charge in [0.15, 0.2) is 0 Å². The van der Waals surface area contributed by atoms with Crippen LogP contribution in [0.4, 0.5) is 0 Å². The van der Waals surface area contributed by atoms with Crippen LogP contribution in [-0.2, 0) is 11.3 Å². The fourth-order valence-electron chi connectivity index (χ4n) is 2.13. The van der Waals surface area contributed by atoms with E-state index in [1.54, 1.807) is 11.9 Å². The predicted octanol–water partition coefficient (Wildman–Crippen LogP) is 2.14. The average molecular weight is 260 g/mol. The molecule has 0 saturated heterocycles. The summed E-state index contributed by atoms with van der Waals surface area (Å²) >= 11 is 0. The van der Waals surface area contributed by atoms with Gasteiger partial charge in [-0.15, -0.1) is 0 Å². The van der Waals surface area contributed by atoms with Crippen LogP contribution in [0.2, 0.25) is 0 Å².